The molecule has 0 aliphatic rings. The Balaban J connectivity index is 2.21. The molecule has 6 nitrogen and oxygen atoms in total. The first-order valence-electron chi connectivity index (χ1n) is 7.08. The molecule has 0 aromatic heterocycles. The molecular weight excluding hydrogens is 432 g/mol. The van der Waals surface area contributed by atoms with Gasteiger partial charge in [-0.1, -0.05) is 23.7 Å². The molecule has 0 atom stereocenters. The number of carbonyl (C=O) groups excluding carboxylic acids is 1. The van der Waals surface area contributed by atoms with Gasteiger partial charge in [0.25, 0.3) is 0 Å². The van der Waals surface area contributed by atoms with Crippen molar-refractivity contribution < 1.29 is 17.9 Å². The van der Waals surface area contributed by atoms with Gasteiger partial charge in [-0.05, 0) is 46.3 Å². The highest BCUT2D eigenvalue weighted by Gasteiger charge is 2.22. The number of hydrogen-bond acceptors (Lipinski definition) is 4. The van der Waals surface area contributed by atoms with Crippen molar-refractivity contribution >= 4 is 54.8 Å². The molecule has 0 bridgehead atoms. The second kappa shape index (κ2) is 8.07. The molecule has 0 radical (unpaired) electrons. The second-order valence-corrected chi connectivity index (χ2v) is 8.29. The number of hydrogen-bond donors (Lipinski definition) is 1. The van der Waals surface area contributed by atoms with E-state index >= 15 is 0 Å². The van der Waals surface area contributed by atoms with Crippen molar-refractivity contribution in [3.63, 3.8) is 0 Å². The van der Waals surface area contributed by atoms with Gasteiger partial charge >= 0.3 is 0 Å². The van der Waals surface area contributed by atoms with Crippen LogP contribution in [0, 0.1) is 0 Å². The lowest BCUT2D eigenvalue weighted by molar-refractivity contribution is -0.114. The zero-order valence-electron chi connectivity index (χ0n) is 13.5. The molecule has 134 valence electrons. The molecule has 2 rings (SSSR count). The first kappa shape index (κ1) is 19.6. The average Bonchev–Trinajstić information content (AvgIpc) is 2.52. The number of rotatable bonds is 6. The van der Waals surface area contributed by atoms with Crippen LogP contribution in [-0.4, -0.2) is 34.2 Å². The van der Waals surface area contributed by atoms with Crippen LogP contribution < -0.4 is 14.4 Å². The van der Waals surface area contributed by atoms with Gasteiger partial charge < -0.3 is 10.1 Å². The fourth-order valence-corrected chi connectivity index (χ4v) is 3.85. The van der Waals surface area contributed by atoms with Crippen molar-refractivity contribution in [2.75, 3.05) is 29.5 Å². The molecule has 25 heavy (non-hydrogen) atoms. The molecule has 0 unspecified atom stereocenters. The van der Waals surface area contributed by atoms with E-state index in [0.29, 0.717) is 26.6 Å². The summed E-state index contributed by atoms with van der Waals surface area (Å²) in [7, 11) is -2.16. The number of ether oxygens (including phenoxy) is 1. The summed E-state index contributed by atoms with van der Waals surface area (Å²) in [6.45, 7) is -0.370. The van der Waals surface area contributed by atoms with Gasteiger partial charge in [0.05, 0.1) is 24.1 Å². The lowest BCUT2D eigenvalue weighted by Crippen LogP contribution is -2.37. The number of carbonyl (C=O) groups is 1. The number of sulfonamides is 1. The van der Waals surface area contributed by atoms with Crippen LogP contribution in [0.4, 0.5) is 11.4 Å². The fourth-order valence-electron chi connectivity index (χ4n) is 2.11. The van der Waals surface area contributed by atoms with Gasteiger partial charge in [-0.25, -0.2) is 8.42 Å². The van der Waals surface area contributed by atoms with Gasteiger partial charge in [-0.15, -0.1) is 0 Å². The molecule has 1 N–H and O–H groups in total. The predicted molar refractivity (Wildman–Crippen MR) is 103 cm³/mol. The minimum absolute atomic E-state index is 0.339. The summed E-state index contributed by atoms with van der Waals surface area (Å²) >= 11 is 9.32. The van der Waals surface area contributed by atoms with Gasteiger partial charge in [0.2, 0.25) is 15.9 Å². The molecule has 0 fully saturated rings. The number of nitrogens with one attached hydrogen (secondary N) is 1. The highest BCUT2D eigenvalue weighted by atomic mass is 79.9. The Bertz CT molecular complexity index is 889. The van der Waals surface area contributed by atoms with E-state index in [2.05, 4.69) is 21.2 Å². The predicted octanol–water partition coefficient (Wildman–Crippen LogP) is 3.52. The van der Waals surface area contributed by atoms with Crippen molar-refractivity contribution in [2.24, 2.45) is 0 Å². The van der Waals surface area contributed by atoms with Crippen molar-refractivity contribution in [3.05, 3.63) is 52.0 Å². The molecule has 0 heterocycles. The highest BCUT2D eigenvalue weighted by molar-refractivity contribution is 9.10. The third kappa shape index (κ3) is 5.10. The van der Waals surface area contributed by atoms with E-state index in [4.69, 9.17) is 16.3 Å². The van der Waals surface area contributed by atoms with Gasteiger partial charge in [-0.3, -0.25) is 9.10 Å². The number of nitrogens with zero attached hydrogens (tertiary/aromatic N) is 1. The van der Waals surface area contributed by atoms with Crippen molar-refractivity contribution in [1.82, 2.24) is 0 Å². The molecule has 9 heteroatoms. The quantitative estimate of drug-likeness (QED) is 0.735. The van der Waals surface area contributed by atoms with E-state index in [0.717, 1.165) is 10.6 Å². The number of halogens is 2. The maximum Gasteiger partial charge on any atom is 0.245 e. The molecule has 1 amide bonds. The molecule has 0 saturated carbocycles. The summed E-state index contributed by atoms with van der Waals surface area (Å²) < 4.78 is 30.8. The van der Waals surface area contributed by atoms with Crippen LogP contribution in [0.1, 0.15) is 0 Å². The zero-order valence-corrected chi connectivity index (χ0v) is 16.7. The smallest absolute Gasteiger partial charge is 0.245 e. The minimum Gasteiger partial charge on any atom is -0.495 e. The second-order valence-electron chi connectivity index (χ2n) is 5.12. The Morgan fingerprint density at radius 2 is 1.96 bits per heavy atom. The highest BCUT2D eigenvalue weighted by Crippen LogP contribution is 2.29. The number of anilines is 2. The average molecular weight is 448 g/mol. The lowest BCUT2D eigenvalue weighted by atomic mass is 10.3. The minimum atomic E-state index is -3.65. The number of amides is 1. The van der Waals surface area contributed by atoms with E-state index in [-0.39, 0.29) is 6.54 Å². The summed E-state index contributed by atoms with van der Waals surface area (Å²) in [5.41, 5.74) is 0.823. The van der Waals surface area contributed by atoms with Gasteiger partial charge in [0.15, 0.2) is 0 Å². The third-order valence-corrected chi connectivity index (χ3v) is 5.34. The maximum absolute atomic E-state index is 12.3. The molecule has 2 aromatic rings. The van der Waals surface area contributed by atoms with Crippen LogP contribution in [0.2, 0.25) is 5.02 Å². The Labute approximate surface area is 159 Å². The first-order valence-corrected chi connectivity index (χ1v) is 10.1. The standard InChI is InChI=1S/C16H16BrClN2O4S/c1-24-15-8-7-11(9-13(15)18)19-16(21)10-20(25(2,22)23)14-6-4-3-5-12(14)17/h3-9H,10H2,1-2H3,(H,19,21). The molecule has 0 spiro atoms. The monoisotopic (exact) mass is 446 g/mol. The molecule has 2 aromatic carbocycles. The summed E-state index contributed by atoms with van der Waals surface area (Å²) in [5.74, 6) is -0.0203. The first-order chi connectivity index (χ1) is 11.7. The third-order valence-electron chi connectivity index (χ3n) is 3.24. The molecular formula is C16H16BrClN2O4S. The van der Waals surface area contributed by atoms with Crippen molar-refractivity contribution in [3.8, 4) is 5.75 Å². The Morgan fingerprint density at radius 1 is 1.28 bits per heavy atom. The topological polar surface area (TPSA) is 75.7 Å². The van der Waals surface area contributed by atoms with E-state index in [9.17, 15) is 13.2 Å². The van der Waals surface area contributed by atoms with E-state index in [1.807, 2.05) is 0 Å². The maximum atomic E-state index is 12.3. The Hall–Kier alpha value is -1.77. The van der Waals surface area contributed by atoms with E-state index in [1.165, 1.54) is 13.2 Å². The number of methoxy groups -OCH3 is 1. The largest absolute Gasteiger partial charge is 0.495 e. The summed E-state index contributed by atoms with van der Waals surface area (Å²) in [6, 6.07) is 11.5. The van der Waals surface area contributed by atoms with Crippen molar-refractivity contribution in [1.29, 1.82) is 0 Å². The Kier molecular flexibility index (Phi) is 6.31. The molecule has 0 aliphatic carbocycles. The van der Waals surface area contributed by atoms with E-state index in [1.54, 1.807) is 36.4 Å². The SMILES string of the molecule is COc1ccc(NC(=O)CN(c2ccccc2Br)S(C)(=O)=O)cc1Cl. The Morgan fingerprint density at radius 3 is 2.52 bits per heavy atom. The molecule has 0 saturated heterocycles. The van der Waals surface area contributed by atoms with Gasteiger partial charge in [0, 0.05) is 10.2 Å². The van der Waals surface area contributed by atoms with Crippen LogP contribution in [0.25, 0.3) is 0 Å². The van der Waals surface area contributed by atoms with Gasteiger partial charge in [0.1, 0.15) is 12.3 Å². The summed E-state index contributed by atoms with van der Waals surface area (Å²) in [4.78, 5) is 12.3. The fraction of sp³-hybridized carbons (Fsp3) is 0.188. The summed E-state index contributed by atoms with van der Waals surface area (Å²) in [5, 5.41) is 2.96. The van der Waals surface area contributed by atoms with Crippen LogP contribution in [-0.2, 0) is 14.8 Å². The normalized spacial score (nSPS) is 11.0. The lowest BCUT2D eigenvalue weighted by Gasteiger charge is -2.23. The van der Waals surface area contributed by atoms with Crippen LogP contribution in [0.3, 0.4) is 0 Å². The van der Waals surface area contributed by atoms with Crippen LogP contribution in [0.15, 0.2) is 46.9 Å². The molecule has 0 aliphatic heterocycles. The zero-order chi connectivity index (χ0) is 18.6. The van der Waals surface area contributed by atoms with Crippen LogP contribution >= 0.6 is 27.5 Å². The van der Waals surface area contributed by atoms with E-state index < -0.39 is 15.9 Å². The summed E-state index contributed by atoms with van der Waals surface area (Å²) in [6.07, 6.45) is 1.05. The van der Waals surface area contributed by atoms with Crippen molar-refractivity contribution in [2.45, 2.75) is 0 Å². The number of para-hydroxylation sites is 1. The number of benzene rings is 2. The van der Waals surface area contributed by atoms with Gasteiger partial charge in [-0.2, -0.15) is 0 Å². The van der Waals surface area contributed by atoms with Crippen LogP contribution in [0.5, 0.6) is 5.75 Å².